The Bertz CT molecular complexity index is 961. The summed E-state index contributed by atoms with van der Waals surface area (Å²) in [5.41, 5.74) is 2.51. The van der Waals surface area contributed by atoms with Gasteiger partial charge in [0.2, 0.25) is 0 Å². The van der Waals surface area contributed by atoms with Gasteiger partial charge in [-0.2, -0.15) is 13.2 Å². The van der Waals surface area contributed by atoms with Crippen molar-refractivity contribution in [2.24, 2.45) is 0 Å². The molecular formula is C18H20F3N2O6P. The van der Waals surface area contributed by atoms with Crippen LogP contribution in [0.15, 0.2) is 42.5 Å². The van der Waals surface area contributed by atoms with Gasteiger partial charge in [-0.15, -0.1) is 0 Å². The van der Waals surface area contributed by atoms with E-state index in [1.165, 1.54) is 37.3 Å². The smallest absolute Gasteiger partial charge is 0.470 e. The summed E-state index contributed by atoms with van der Waals surface area (Å²) in [5, 5.41) is 2.18. The summed E-state index contributed by atoms with van der Waals surface area (Å²) in [6, 6.07) is 9.02. The van der Waals surface area contributed by atoms with E-state index in [1.807, 2.05) is 0 Å². The van der Waals surface area contributed by atoms with Crippen molar-refractivity contribution in [2.45, 2.75) is 25.6 Å². The highest BCUT2D eigenvalue weighted by Crippen LogP contribution is 2.42. The van der Waals surface area contributed by atoms with E-state index in [4.69, 9.17) is 10.5 Å². The van der Waals surface area contributed by atoms with Crippen molar-refractivity contribution in [2.75, 3.05) is 17.7 Å². The van der Waals surface area contributed by atoms with Gasteiger partial charge in [-0.1, -0.05) is 6.07 Å². The molecule has 2 rings (SSSR count). The van der Waals surface area contributed by atoms with Gasteiger partial charge in [0.05, 0.1) is 5.56 Å². The molecular weight excluding hydrogens is 428 g/mol. The van der Waals surface area contributed by atoms with E-state index in [0.29, 0.717) is 11.8 Å². The normalized spacial score (nSPS) is 14.1. The average molecular weight is 448 g/mol. The first-order valence-electron chi connectivity index (χ1n) is 8.43. The summed E-state index contributed by atoms with van der Waals surface area (Å²) in [4.78, 5) is 31.0. The van der Waals surface area contributed by atoms with Crippen LogP contribution in [0.1, 0.15) is 18.1 Å². The van der Waals surface area contributed by atoms with Gasteiger partial charge in [-0.3, -0.25) is 9.32 Å². The largest absolute Gasteiger partial charge is 0.490 e. The molecule has 1 atom stereocenters. The Hall–Kier alpha value is -2.59. The highest BCUT2D eigenvalue weighted by Gasteiger charge is 2.42. The Balaban J connectivity index is 2.26. The Morgan fingerprint density at radius 1 is 1.17 bits per heavy atom. The van der Waals surface area contributed by atoms with Gasteiger partial charge in [0.1, 0.15) is 12.4 Å². The van der Waals surface area contributed by atoms with Crippen LogP contribution in [0.2, 0.25) is 0 Å². The van der Waals surface area contributed by atoms with Crippen molar-refractivity contribution in [3.05, 3.63) is 53.6 Å². The summed E-state index contributed by atoms with van der Waals surface area (Å²) < 4.78 is 60.6. The van der Waals surface area contributed by atoms with Crippen molar-refractivity contribution in [3.8, 4) is 5.75 Å². The van der Waals surface area contributed by atoms with Crippen molar-refractivity contribution in [3.63, 3.8) is 0 Å². The minimum absolute atomic E-state index is 0.0542. The Labute approximate surface area is 170 Å². The molecule has 0 aliphatic rings. The molecule has 0 heterocycles. The predicted octanol–water partition coefficient (Wildman–Crippen LogP) is 3.48. The van der Waals surface area contributed by atoms with E-state index in [-0.39, 0.29) is 17.0 Å². The lowest BCUT2D eigenvalue weighted by molar-refractivity contribution is -0.138. The number of nitrogen functional groups attached to an aromatic ring is 1. The average Bonchev–Trinajstić information content (AvgIpc) is 2.60. The van der Waals surface area contributed by atoms with E-state index in [0.717, 1.165) is 13.0 Å². The molecule has 0 aromatic heterocycles. The van der Waals surface area contributed by atoms with Crippen molar-refractivity contribution in [1.29, 1.82) is 0 Å². The van der Waals surface area contributed by atoms with E-state index >= 15 is 0 Å². The van der Waals surface area contributed by atoms with Gasteiger partial charge in [0.15, 0.2) is 5.60 Å². The number of hydrogen-bond acceptors (Lipinski definition) is 5. The molecule has 5 N–H and O–H groups in total. The van der Waals surface area contributed by atoms with Crippen LogP contribution in [0.4, 0.5) is 24.5 Å². The van der Waals surface area contributed by atoms with Gasteiger partial charge in [-0.25, -0.2) is 4.57 Å². The number of carbonyl (C=O) groups excluding carboxylic acids is 1. The number of phosphoric ester groups is 1. The number of aryl methyl sites for hydroxylation is 1. The Kier molecular flexibility index (Phi) is 6.83. The molecule has 0 radical (unpaired) electrons. The molecule has 0 bridgehead atoms. The maximum atomic E-state index is 13.1. The molecule has 0 saturated heterocycles. The number of ether oxygens (including phenoxy) is 1. The van der Waals surface area contributed by atoms with Gasteiger partial charge >= 0.3 is 14.0 Å². The lowest BCUT2D eigenvalue weighted by Crippen LogP contribution is -2.47. The molecule has 12 heteroatoms. The summed E-state index contributed by atoms with van der Waals surface area (Å²) in [6.07, 6.45) is -4.64. The van der Waals surface area contributed by atoms with Gasteiger partial charge in [0, 0.05) is 11.4 Å². The standard InChI is InChI=1S/C18H20F3N2O6P/c1-11-3-6-13(9-15(11)18(19,20)21)23-16(24)17(2,29-30(25,26)27)10-28-14-7-4-12(22)5-8-14/h3-9H,10,22H2,1-2H3,(H,23,24)(H2,25,26,27)/t17-/m0/s1. The Morgan fingerprint density at radius 2 is 1.77 bits per heavy atom. The fourth-order valence-electron chi connectivity index (χ4n) is 2.45. The fraction of sp³-hybridized carbons (Fsp3) is 0.278. The summed E-state index contributed by atoms with van der Waals surface area (Å²) in [6.45, 7) is 1.65. The topological polar surface area (TPSA) is 131 Å². The van der Waals surface area contributed by atoms with Crippen molar-refractivity contribution in [1.82, 2.24) is 0 Å². The quantitative estimate of drug-likeness (QED) is 0.377. The second kappa shape index (κ2) is 8.65. The maximum Gasteiger partial charge on any atom is 0.470 e. The molecule has 0 aliphatic carbocycles. The van der Waals surface area contributed by atoms with Crippen LogP contribution in [-0.4, -0.2) is 27.9 Å². The maximum absolute atomic E-state index is 13.1. The number of phosphoric acid groups is 1. The lowest BCUT2D eigenvalue weighted by Gasteiger charge is -2.28. The number of hydrogen-bond donors (Lipinski definition) is 4. The van der Waals surface area contributed by atoms with Crippen LogP contribution in [-0.2, 0) is 20.1 Å². The van der Waals surface area contributed by atoms with E-state index in [2.05, 4.69) is 9.84 Å². The molecule has 0 spiro atoms. The molecule has 0 unspecified atom stereocenters. The number of alkyl halides is 3. The van der Waals surface area contributed by atoms with Gasteiger partial charge in [0.25, 0.3) is 5.91 Å². The minimum atomic E-state index is -5.16. The summed E-state index contributed by atoms with van der Waals surface area (Å²) >= 11 is 0. The third kappa shape index (κ3) is 6.46. The predicted molar refractivity (Wildman–Crippen MR) is 103 cm³/mol. The van der Waals surface area contributed by atoms with Crippen LogP contribution in [0.25, 0.3) is 0 Å². The molecule has 2 aromatic carbocycles. The second-order valence-corrected chi connectivity index (χ2v) is 7.82. The van der Waals surface area contributed by atoms with Gasteiger partial charge in [-0.05, 0) is 55.8 Å². The van der Waals surface area contributed by atoms with Crippen molar-refractivity contribution >= 4 is 25.1 Å². The molecule has 30 heavy (non-hydrogen) atoms. The molecule has 8 nitrogen and oxygen atoms in total. The zero-order valence-electron chi connectivity index (χ0n) is 15.9. The van der Waals surface area contributed by atoms with E-state index in [9.17, 15) is 32.3 Å². The summed E-state index contributed by atoms with van der Waals surface area (Å²) in [5.74, 6) is -0.884. The lowest BCUT2D eigenvalue weighted by atomic mass is 10.1. The third-order valence-corrected chi connectivity index (χ3v) is 4.64. The Morgan fingerprint density at radius 3 is 2.30 bits per heavy atom. The monoisotopic (exact) mass is 448 g/mol. The number of nitrogens with two attached hydrogens (primary N) is 1. The number of carbonyl (C=O) groups is 1. The minimum Gasteiger partial charge on any atom is -0.490 e. The van der Waals surface area contributed by atoms with Crippen LogP contribution >= 0.6 is 7.82 Å². The highest BCUT2D eigenvalue weighted by atomic mass is 31.2. The number of amides is 1. The van der Waals surface area contributed by atoms with Crippen LogP contribution in [0, 0.1) is 6.92 Å². The van der Waals surface area contributed by atoms with Crippen LogP contribution < -0.4 is 15.8 Å². The highest BCUT2D eigenvalue weighted by molar-refractivity contribution is 7.46. The molecule has 0 fully saturated rings. The third-order valence-electron chi connectivity index (χ3n) is 4.00. The zero-order chi connectivity index (χ0) is 22.7. The molecule has 0 aliphatic heterocycles. The molecule has 164 valence electrons. The number of rotatable bonds is 7. The van der Waals surface area contributed by atoms with Crippen LogP contribution in [0.5, 0.6) is 5.75 Å². The van der Waals surface area contributed by atoms with E-state index in [1.54, 1.807) is 0 Å². The number of halogens is 3. The zero-order valence-corrected chi connectivity index (χ0v) is 16.8. The second-order valence-electron chi connectivity index (χ2n) is 6.65. The van der Waals surface area contributed by atoms with Gasteiger partial charge < -0.3 is 25.6 Å². The molecule has 0 saturated carbocycles. The number of nitrogens with one attached hydrogen (secondary N) is 1. The van der Waals surface area contributed by atoms with Crippen LogP contribution in [0.3, 0.4) is 0 Å². The number of benzene rings is 2. The molecule has 2 aromatic rings. The van der Waals surface area contributed by atoms with Crippen molar-refractivity contribution < 1.29 is 41.6 Å². The fourth-order valence-corrected chi connectivity index (χ4v) is 3.11. The van der Waals surface area contributed by atoms with E-state index < -0.39 is 37.7 Å². The number of anilines is 2. The SMILES string of the molecule is Cc1ccc(NC(=O)[C@](C)(COc2ccc(N)cc2)OP(=O)(O)O)cc1C(F)(F)F. The molecule has 1 amide bonds. The first-order valence-corrected chi connectivity index (χ1v) is 9.97. The first kappa shape index (κ1) is 23.7. The first-order chi connectivity index (χ1) is 13.7. The summed E-state index contributed by atoms with van der Waals surface area (Å²) in [7, 11) is -5.16.